The number of carbonyl (C=O) groups is 2. The summed E-state index contributed by atoms with van der Waals surface area (Å²) < 4.78 is 0. The number of carbonyl (C=O) groups excluding carboxylic acids is 2. The predicted octanol–water partition coefficient (Wildman–Crippen LogP) is 7.84. The molecule has 2 aliphatic carbocycles. The minimum atomic E-state index is 0.0381. The Morgan fingerprint density at radius 2 is 1.85 bits per heavy atom. The van der Waals surface area contributed by atoms with Gasteiger partial charge in [-0.25, -0.2) is 0 Å². The van der Waals surface area contributed by atoms with E-state index in [9.17, 15) is 9.59 Å². The van der Waals surface area contributed by atoms with Crippen molar-refractivity contribution in [2.45, 2.75) is 91.0 Å². The van der Waals surface area contributed by atoms with Crippen LogP contribution in [0, 0.1) is 24.2 Å². The van der Waals surface area contributed by atoms with Crippen molar-refractivity contribution in [3.8, 4) is 0 Å². The zero-order valence-electron chi connectivity index (χ0n) is 23.9. The van der Waals surface area contributed by atoms with Crippen molar-refractivity contribution in [2.24, 2.45) is 11.8 Å². The molecule has 0 aliphatic heterocycles. The highest BCUT2D eigenvalue weighted by atomic mass is 16.1. The highest BCUT2D eigenvalue weighted by Crippen LogP contribution is 2.39. The number of amides is 1. The van der Waals surface area contributed by atoms with E-state index in [0.29, 0.717) is 12.0 Å². The van der Waals surface area contributed by atoms with Crippen LogP contribution < -0.4 is 5.32 Å². The summed E-state index contributed by atoms with van der Waals surface area (Å²) in [5.41, 5.74) is 6.16. The first kappa shape index (κ1) is 28.7. The summed E-state index contributed by atoms with van der Waals surface area (Å²) in [6.45, 7) is 8.11. The number of aromatic nitrogens is 1. The van der Waals surface area contributed by atoms with E-state index < -0.39 is 0 Å². The van der Waals surface area contributed by atoms with E-state index in [2.05, 4.69) is 29.4 Å². The molecule has 1 aromatic heterocycles. The molecule has 0 saturated heterocycles. The third-order valence-corrected chi connectivity index (χ3v) is 8.40. The number of nitrogens with one attached hydrogen (secondary N) is 2. The molecule has 1 saturated carbocycles. The number of Topliss-reactive ketones (excluding diaryl/α,β-unsaturated/α-hetero) is 1. The van der Waals surface area contributed by atoms with Crippen LogP contribution in [0.15, 0.2) is 48.5 Å². The lowest BCUT2D eigenvalue weighted by molar-refractivity contribution is 0.0920. The molecule has 2 aromatic carbocycles. The van der Waals surface area contributed by atoms with Gasteiger partial charge in [-0.15, -0.1) is 0 Å². The van der Waals surface area contributed by atoms with Crippen LogP contribution in [0.2, 0.25) is 0 Å². The first-order chi connectivity index (χ1) is 18.8. The van der Waals surface area contributed by atoms with Crippen LogP contribution in [0.3, 0.4) is 0 Å². The molecule has 0 bridgehead atoms. The Morgan fingerprint density at radius 1 is 1.08 bits per heavy atom. The quantitative estimate of drug-likeness (QED) is 0.232. The molecule has 5 nitrogen and oxygen atoms in total. The molecular weight excluding hydrogens is 482 g/mol. The van der Waals surface area contributed by atoms with Crippen LogP contribution in [0.4, 0.5) is 0 Å². The fourth-order valence-electron chi connectivity index (χ4n) is 5.87. The molecule has 5 heteroatoms. The van der Waals surface area contributed by atoms with Gasteiger partial charge in [-0.2, -0.15) is 0 Å². The normalized spacial score (nSPS) is 19.9. The number of rotatable bonds is 8. The lowest BCUT2D eigenvalue weighted by atomic mass is 9.74. The molecule has 39 heavy (non-hydrogen) atoms. The largest absolute Gasteiger partial charge is 0.349 e. The van der Waals surface area contributed by atoms with Crippen molar-refractivity contribution in [3.63, 3.8) is 0 Å². The molecule has 3 aromatic rings. The Balaban J connectivity index is 0.000000187. The average Bonchev–Trinajstić information content (AvgIpc) is 2.93. The standard InChI is InChI=1S/C19H24N2O.C15H19NO/c1-3-14-8-10-15(11-9-14)21-19(22)17-5-4-6-18-16(17)12-7-13(2)20-18;1-10(2)15(17)13-6-5-12-8-11(4-3-7-16)14(12)9-13/h4-7,12,14-15H,3,8-11H2,1-2H3,(H,21,22);5-7,9-11,16H,3-4,8H2,1-2H3. The average molecular weight is 526 g/mol. The fraction of sp³-hybridized carbons (Fsp3) is 0.471. The molecule has 2 aliphatic rings. The minimum Gasteiger partial charge on any atom is -0.349 e. The van der Waals surface area contributed by atoms with Crippen LogP contribution in [0.5, 0.6) is 0 Å². The molecule has 1 atom stereocenters. The molecule has 1 amide bonds. The zero-order chi connectivity index (χ0) is 27.9. The van der Waals surface area contributed by atoms with Crippen molar-refractivity contribution in [1.29, 1.82) is 5.41 Å². The van der Waals surface area contributed by atoms with Gasteiger partial charge in [0.2, 0.25) is 0 Å². The van der Waals surface area contributed by atoms with Crippen molar-refractivity contribution in [3.05, 3.63) is 76.5 Å². The van der Waals surface area contributed by atoms with E-state index in [1.807, 2.05) is 57.2 Å². The summed E-state index contributed by atoms with van der Waals surface area (Å²) in [6, 6.07) is 16.2. The maximum absolute atomic E-state index is 12.6. The van der Waals surface area contributed by atoms with E-state index in [-0.39, 0.29) is 17.6 Å². The summed E-state index contributed by atoms with van der Waals surface area (Å²) in [6.07, 6.45) is 10.4. The molecule has 1 fully saturated rings. The Labute approximate surface area is 233 Å². The Kier molecular flexibility index (Phi) is 9.66. The van der Waals surface area contributed by atoms with Gasteiger partial charge in [0.05, 0.1) is 5.52 Å². The van der Waals surface area contributed by atoms with Gasteiger partial charge in [0, 0.05) is 34.2 Å². The minimum absolute atomic E-state index is 0.0381. The monoisotopic (exact) mass is 525 g/mol. The number of hydrogen-bond donors (Lipinski definition) is 2. The molecular formula is C34H43N3O2. The van der Waals surface area contributed by atoms with E-state index >= 15 is 0 Å². The second kappa shape index (κ2) is 13.1. The van der Waals surface area contributed by atoms with Gasteiger partial charge in [0.1, 0.15) is 0 Å². The maximum Gasteiger partial charge on any atom is 0.252 e. The first-order valence-electron chi connectivity index (χ1n) is 14.6. The first-order valence-corrected chi connectivity index (χ1v) is 14.6. The Morgan fingerprint density at radius 3 is 2.54 bits per heavy atom. The van der Waals surface area contributed by atoms with Crippen LogP contribution in [-0.4, -0.2) is 28.9 Å². The number of ketones is 1. The van der Waals surface area contributed by atoms with E-state index in [4.69, 9.17) is 5.41 Å². The van der Waals surface area contributed by atoms with Gasteiger partial charge >= 0.3 is 0 Å². The van der Waals surface area contributed by atoms with E-state index in [1.165, 1.54) is 36.6 Å². The lowest BCUT2D eigenvalue weighted by Crippen LogP contribution is -2.37. The topological polar surface area (TPSA) is 82.9 Å². The molecule has 206 valence electrons. The van der Waals surface area contributed by atoms with Gasteiger partial charge in [0.25, 0.3) is 5.91 Å². The summed E-state index contributed by atoms with van der Waals surface area (Å²) in [5, 5.41) is 11.2. The number of benzene rings is 2. The van der Waals surface area contributed by atoms with Gasteiger partial charge in [-0.05, 0) is 105 Å². The number of pyridine rings is 1. The maximum atomic E-state index is 12.6. The number of aryl methyl sites for hydroxylation is 1. The second-order valence-corrected chi connectivity index (χ2v) is 11.5. The van der Waals surface area contributed by atoms with E-state index in [0.717, 1.165) is 65.7 Å². The number of hydrogen-bond acceptors (Lipinski definition) is 4. The predicted molar refractivity (Wildman–Crippen MR) is 160 cm³/mol. The van der Waals surface area contributed by atoms with Gasteiger partial charge in [-0.3, -0.25) is 14.6 Å². The summed E-state index contributed by atoms with van der Waals surface area (Å²) >= 11 is 0. The SMILES string of the molecule is CC(C)C(=O)c1ccc2c(c1)C(CCC=N)C2.CCC1CCC(NC(=O)c2cccc3nc(C)ccc23)CC1. The van der Waals surface area contributed by atoms with Crippen LogP contribution in [0.25, 0.3) is 10.9 Å². The van der Waals surface area contributed by atoms with Crippen LogP contribution in [0.1, 0.15) is 109 Å². The third-order valence-electron chi connectivity index (χ3n) is 8.40. The van der Waals surface area contributed by atoms with E-state index in [1.54, 1.807) is 0 Å². The van der Waals surface area contributed by atoms with Gasteiger partial charge in [0.15, 0.2) is 5.78 Å². The molecule has 0 radical (unpaired) electrons. The molecule has 5 rings (SSSR count). The lowest BCUT2D eigenvalue weighted by Gasteiger charge is -2.30. The Bertz CT molecular complexity index is 1320. The highest BCUT2D eigenvalue weighted by molar-refractivity contribution is 6.06. The third kappa shape index (κ3) is 7.00. The summed E-state index contributed by atoms with van der Waals surface area (Å²) in [7, 11) is 0. The molecule has 2 N–H and O–H groups in total. The molecule has 1 unspecified atom stereocenters. The number of fused-ring (bicyclic) bond motifs is 2. The number of nitrogens with zero attached hydrogens (tertiary/aromatic N) is 1. The van der Waals surface area contributed by atoms with Crippen LogP contribution in [-0.2, 0) is 6.42 Å². The Hall–Kier alpha value is -3.34. The second-order valence-electron chi connectivity index (χ2n) is 11.5. The zero-order valence-corrected chi connectivity index (χ0v) is 23.9. The fourth-order valence-corrected chi connectivity index (χ4v) is 5.87. The van der Waals surface area contributed by atoms with Crippen LogP contribution >= 0.6 is 0 Å². The molecule has 1 heterocycles. The van der Waals surface area contributed by atoms with Gasteiger partial charge in [-0.1, -0.05) is 51.5 Å². The summed E-state index contributed by atoms with van der Waals surface area (Å²) in [4.78, 5) is 29.0. The van der Waals surface area contributed by atoms with Crippen molar-refractivity contribution >= 4 is 28.8 Å². The summed E-state index contributed by atoms with van der Waals surface area (Å²) in [5.74, 6) is 1.74. The smallest absolute Gasteiger partial charge is 0.252 e. The highest BCUT2D eigenvalue weighted by Gasteiger charge is 2.27. The van der Waals surface area contributed by atoms with Gasteiger partial charge < -0.3 is 10.7 Å². The molecule has 0 spiro atoms. The van der Waals surface area contributed by atoms with Crippen molar-refractivity contribution in [2.75, 3.05) is 0 Å². The van der Waals surface area contributed by atoms with Crippen molar-refractivity contribution < 1.29 is 9.59 Å². The van der Waals surface area contributed by atoms with Crippen molar-refractivity contribution in [1.82, 2.24) is 10.3 Å².